The molecule has 1 atom stereocenters. The maximum Gasteiger partial charge on any atom is 0.319 e. The Hall–Kier alpha value is -2.44. The summed E-state index contributed by atoms with van der Waals surface area (Å²) < 4.78 is 11.2. The Labute approximate surface area is 141 Å². The van der Waals surface area contributed by atoms with Crippen molar-refractivity contribution in [3.05, 3.63) is 18.2 Å². The van der Waals surface area contributed by atoms with Crippen molar-refractivity contribution in [2.75, 3.05) is 31.6 Å². The second-order valence-electron chi connectivity index (χ2n) is 6.15. The van der Waals surface area contributed by atoms with Crippen LogP contribution in [-0.4, -0.2) is 49.2 Å². The minimum absolute atomic E-state index is 0.118. The predicted molar refractivity (Wildman–Crippen MR) is 89.5 cm³/mol. The number of hydrogen-bond acceptors (Lipinski definition) is 4. The van der Waals surface area contributed by atoms with Gasteiger partial charge in [0.25, 0.3) is 0 Å². The fourth-order valence-corrected chi connectivity index (χ4v) is 2.91. The highest BCUT2D eigenvalue weighted by Crippen LogP contribution is 2.32. The number of nitrogens with one attached hydrogen (secondary N) is 2. The molecule has 130 valence electrons. The lowest BCUT2D eigenvalue weighted by Gasteiger charge is -2.22. The van der Waals surface area contributed by atoms with Crippen molar-refractivity contribution in [1.29, 1.82) is 0 Å². The van der Waals surface area contributed by atoms with E-state index < -0.39 is 0 Å². The Bertz CT molecular complexity index is 620. The largest absolute Gasteiger partial charge is 0.490 e. The fraction of sp³-hybridized carbons (Fsp3) is 0.529. The molecule has 24 heavy (non-hydrogen) atoms. The van der Waals surface area contributed by atoms with E-state index in [9.17, 15) is 9.59 Å². The van der Waals surface area contributed by atoms with Gasteiger partial charge in [0.05, 0.1) is 13.2 Å². The van der Waals surface area contributed by atoms with Gasteiger partial charge in [-0.05, 0) is 25.5 Å². The van der Waals surface area contributed by atoms with E-state index in [-0.39, 0.29) is 18.0 Å². The van der Waals surface area contributed by atoms with Gasteiger partial charge in [0.2, 0.25) is 5.91 Å². The first-order valence-electron chi connectivity index (χ1n) is 8.37. The quantitative estimate of drug-likeness (QED) is 0.883. The molecule has 3 rings (SSSR count). The van der Waals surface area contributed by atoms with E-state index in [4.69, 9.17) is 9.47 Å². The van der Waals surface area contributed by atoms with Crippen LogP contribution in [0.1, 0.15) is 26.2 Å². The normalized spacial score (nSPS) is 18.0. The number of fused-ring (bicyclic) bond motifs is 1. The number of rotatable bonds is 4. The molecule has 2 heterocycles. The van der Waals surface area contributed by atoms with Crippen LogP contribution < -0.4 is 20.1 Å². The van der Waals surface area contributed by atoms with Gasteiger partial charge in [0.15, 0.2) is 11.5 Å². The minimum atomic E-state index is -0.302. The van der Waals surface area contributed by atoms with Crippen LogP contribution in [0, 0.1) is 0 Å². The number of likely N-dealkylation sites (tertiary alicyclic amines) is 1. The molecule has 2 aliphatic rings. The van der Waals surface area contributed by atoms with Crippen molar-refractivity contribution in [2.24, 2.45) is 0 Å². The lowest BCUT2D eigenvalue weighted by Crippen LogP contribution is -2.44. The topological polar surface area (TPSA) is 79.9 Å². The minimum Gasteiger partial charge on any atom is -0.490 e. The van der Waals surface area contributed by atoms with E-state index in [0.29, 0.717) is 43.4 Å². The van der Waals surface area contributed by atoms with Gasteiger partial charge in [-0.15, -0.1) is 0 Å². The standard InChI is InChI=1S/C17H23N3O4/c1-12(11-20-7-2-4-16(20)21)18-17(22)19-13-5-6-14-15(10-13)24-9-3-8-23-14/h5-6,10,12H,2-4,7-9,11H2,1H3,(H2,18,19,22). The highest BCUT2D eigenvalue weighted by Gasteiger charge is 2.22. The molecule has 0 aromatic heterocycles. The molecule has 0 aliphatic carbocycles. The number of anilines is 1. The second-order valence-corrected chi connectivity index (χ2v) is 6.15. The molecule has 2 aliphatic heterocycles. The van der Waals surface area contributed by atoms with Gasteiger partial charge < -0.3 is 25.0 Å². The zero-order chi connectivity index (χ0) is 16.9. The average molecular weight is 333 g/mol. The predicted octanol–water partition coefficient (Wildman–Crippen LogP) is 1.98. The Morgan fingerprint density at radius 2 is 2.04 bits per heavy atom. The van der Waals surface area contributed by atoms with E-state index in [2.05, 4.69) is 10.6 Å². The summed E-state index contributed by atoms with van der Waals surface area (Å²) in [4.78, 5) is 25.5. The van der Waals surface area contributed by atoms with E-state index in [1.807, 2.05) is 6.92 Å². The zero-order valence-electron chi connectivity index (χ0n) is 13.8. The van der Waals surface area contributed by atoms with Gasteiger partial charge >= 0.3 is 6.03 Å². The highest BCUT2D eigenvalue weighted by atomic mass is 16.5. The van der Waals surface area contributed by atoms with Gasteiger partial charge in [0.1, 0.15) is 0 Å². The summed E-state index contributed by atoms with van der Waals surface area (Å²) in [6, 6.07) is 4.91. The fourth-order valence-electron chi connectivity index (χ4n) is 2.91. The Kier molecular flexibility index (Phi) is 5.08. The molecule has 0 saturated carbocycles. The van der Waals surface area contributed by atoms with E-state index in [1.54, 1.807) is 23.1 Å². The van der Waals surface area contributed by atoms with Crippen LogP contribution in [0.2, 0.25) is 0 Å². The van der Waals surface area contributed by atoms with E-state index in [0.717, 1.165) is 19.4 Å². The number of amides is 3. The number of benzene rings is 1. The van der Waals surface area contributed by atoms with Crippen molar-refractivity contribution in [3.63, 3.8) is 0 Å². The van der Waals surface area contributed by atoms with Crippen molar-refractivity contribution in [3.8, 4) is 11.5 Å². The Morgan fingerprint density at radius 1 is 1.25 bits per heavy atom. The molecular formula is C17H23N3O4. The second kappa shape index (κ2) is 7.42. The molecule has 7 nitrogen and oxygen atoms in total. The van der Waals surface area contributed by atoms with Crippen molar-refractivity contribution < 1.29 is 19.1 Å². The summed E-state index contributed by atoms with van der Waals surface area (Å²) in [5.41, 5.74) is 0.640. The van der Waals surface area contributed by atoms with Crippen LogP contribution in [0.5, 0.6) is 11.5 Å². The summed E-state index contributed by atoms with van der Waals surface area (Å²) in [5.74, 6) is 1.49. The molecule has 7 heteroatoms. The first-order valence-corrected chi connectivity index (χ1v) is 8.37. The van der Waals surface area contributed by atoms with E-state index in [1.165, 1.54) is 0 Å². The molecule has 3 amide bonds. The summed E-state index contributed by atoms with van der Waals surface area (Å²) in [6.45, 7) is 4.43. The first kappa shape index (κ1) is 16.4. The highest BCUT2D eigenvalue weighted by molar-refractivity contribution is 5.90. The average Bonchev–Trinajstić information content (AvgIpc) is 2.81. The van der Waals surface area contributed by atoms with Crippen molar-refractivity contribution >= 4 is 17.6 Å². The van der Waals surface area contributed by atoms with Crippen LogP contribution in [0.25, 0.3) is 0 Å². The summed E-state index contributed by atoms with van der Waals surface area (Å²) in [6.07, 6.45) is 2.34. The lowest BCUT2D eigenvalue weighted by molar-refractivity contribution is -0.127. The number of hydrogen-bond donors (Lipinski definition) is 2. The van der Waals surface area contributed by atoms with Crippen LogP contribution in [0.3, 0.4) is 0 Å². The number of urea groups is 1. The maximum absolute atomic E-state index is 12.1. The Morgan fingerprint density at radius 3 is 2.79 bits per heavy atom. The van der Waals surface area contributed by atoms with Crippen LogP contribution in [0.4, 0.5) is 10.5 Å². The van der Waals surface area contributed by atoms with Crippen LogP contribution in [0.15, 0.2) is 18.2 Å². The van der Waals surface area contributed by atoms with Crippen molar-refractivity contribution in [1.82, 2.24) is 10.2 Å². The number of carbonyl (C=O) groups excluding carboxylic acids is 2. The first-order chi connectivity index (χ1) is 11.6. The Balaban J connectivity index is 1.52. The van der Waals surface area contributed by atoms with Crippen molar-refractivity contribution in [2.45, 2.75) is 32.2 Å². The number of carbonyl (C=O) groups is 2. The number of ether oxygens (including phenoxy) is 2. The SMILES string of the molecule is CC(CN1CCCC1=O)NC(=O)Nc1ccc2c(c1)OCCCO2. The molecule has 1 saturated heterocycles. The molecule has 0 bridgehead atoms. The molecule has 0 spiro atoms. The van der Waals surface area contributed by atoms with Gasteiger partial charge in [-0.25, -0.2) is 4.79 Å². The monoisotopic (exact) mass is 333 g/mol. The molecule has 1 aromatic carbocycles. The third kappa shape index (κ3) is 4.10. The molecule has 1 fully saturated rings. The van der Waals surface area contributed by atoms with E-state index >= 15 is 0 Å². The van der Waals surface area contributed by atoms with Gasteiger partial charge in [0, 0.05) is 43.7 Å². The smallest absolute Gasteiger partial charge is 0.319 e. The molecular weight excluding hydrogens is 310 g/mol. The summed E-state index contributed by atoms with van der Waals surface area (Å²) in [7, 11) is 0. The zero-order valence-corrected chi connectivity index (χ0v) is 13.8. The molecule has 2 N–H and O–H groups in total. The van der Waals surface area contributed by atoms with Gasteiger partial charge in [-0.2, -0.15) is 0 Å². The van der Waals surface area contributed by atoms with Crippen LogP contribution in [-0.2, 0) is 4.79 Å². The summed E-state index contributed by atoms with van der Waals surface area (Å²) in [5, 5.41) is 5.64. The summed E-state index contributed by atoms with van der Waals surface area (Å²) >= 11 is 0. The lowest BCUT2D eigenvalue weighted by atomic mass is 10.2. The van der Waals surface area contributed by atoms with Gasteiger partial charge in [-0.1, -0.05) is 0 Å². The third-order valence-electron chi connectivity index (χ3n) is 4.05. The molecule has 1 unspecified atom stereocenters. The third-order valence-corrected chi connectivity index (χ3v) is 4.05. The molecule has 1 aromatic rings. The van der Waals surface area contributed by atoms with Crippen LogP contribution >= 0.6 is 0 Å². The molecule has 0 radical (unpaired) electrons. The number of nitrogens with zero attached hydrogens (tertiary/aromatic N) is 1. The van der Waals surface area contributed by atoms with Gasteiger partial charge in [-0.3, -0.25) is 4.79 Å². The maximum atomic E-state index is 12.1.